The summed E-state index contributed by atoms with van der Waals surface area (Å²) in [6.07, 6.45) is 4.64. The lowest BCUT2D eigenvalue weighted by Gasteiger charge is -2.22. The Kier molecular flexibility index (Phi) is 4.53. The van der Waals surface area contributed by atoms with Crippen molar-refractivity contribution in [3.05, 3.63) is 36.6 Å². The lowest BCUT2D eigenvalue weighted by molar-refractivity contribution is 0.0506. The Balaban J connectivity index is 3.97. The van der Waals surface area contributed by atoms with Gasteiger partial charge in [-0.15, -0.1) is 0 Å². The molecular formula is C12H20O. The van der Waals surface area contributed by atoms with Crippen LogP contribution in [0, 0.1) is 0 Å². The van der Waals surface area contributed by atoms with Gasteiger partial charge in [-0.05, 0) is 27.7 Å². The van der Waals surface area contributed by atoms with Crippen LogP contribution in [0.25, 0.3) is 0 Å². The fraction of sp³-hybridized carbons (Fsp3) is 0.500. The minimum absolute atomic E-state index is 0.146. The summed E-state index contributed by atoms with van der Waals surface area (Å²) in [5.74, 6) is 0.800. The standard InChI is InChI=1S/C12H20O/c1-7-10(2)8-9-11(3)13-12(4,5)6/h7-8H,1,3,9H2,2,4-6H3/b10-8-. The van der Waals surface area contributed by atoms with Gasteiger partial charge in [0.15, 0.2) is 0 Å². The Labute approximate surface area is 81.8 Å². The summed E-state index contributed by atoms with van der Waals surface area (Å²) in [5.41, 5.74) is 1.01. The maximum atomic E-state index is 5.56. The van der Waals surface area contributed by atoms with E-state index >= 15 is 0 Å². The molecule has 0 saturated carbocycles. The van der Waals surface area contributed by atoms with Crippen LogP contribution in [0.2, 0.25) is 0 Å². The molecule has 0 aliphatic carbocycles. The molecule has 0 N–H and O–H groups in total. The van der Waals surface area contributed by atoms with E-state index in [2.05, 4.69) is 19.2 Å². The van der Waals surface area contributed by atoms with E-state index in [0.717, 1.165) is 17.8 Å². The van der Waals surface area contributed by atoms with E-state index < -0.39 is 0 Å². The van der Waals surface area contributed by atoms with Crippen molar-refractivity contribution in [2.24, 2.45) is 0 Å². The molecule has 0 spiro atoms. The quantitative estimate of drug-likeness (QED) is 0.472. The first-order valence-electron chi connectivity index (χ1n) is 4.51. The topological polar surface area (TPSA) is 9.23 Å². The zero-order valence-electron chi connectivity index (χ0n) is 9.18. The Morgan fingerprint density at radius 1 is 1.38 bits per heavy atom. The first-order valence-corrected chi connectivity index (χ1v) is 4.51. The lowest BCUT2D eigenvalue weighted by atomic mass is 10.2. The van der Waals surface area contributed by atoms with E-state index in [1.807, 2.05) is 33.8 Å². The average molecular weight is 180 g/mol. The Morgan fingerprint density at radius 2 is 1.92 bits per heavy atom. The molecule has 13 heavy (non-hydrogen) atoms. The second-order valence-corrected chi connectivity index (χ2v) is 4.11. The SMILES string of the molecule is C=C/C(C)=C\CC(=C)OC(C)(C)C. The van der Waals surface area contributed by atoms with Gasteiger partial charge in [0.25, 0.3) is 0 Å². The molecule has 0 saturated heterocycles. The maximum absolute atomic E-state index is 5.56. The minimum atomic E-state index is -0.146. The lowest BCUT2D eigenvalue weighted by Crippen LogP contribution is -2.18. The van der Waals surface area contributed by atoms with Gasteiger partial charge in [0.2, 0.25) is 0 Å². The molecule has 0 aromatic carbocycles. The van der Waals surface area contributed by atoms with Crippen LogP contribution in [0.4, 0.5) is 0 Å². The average Bonchev–Trinajstić information content (AvgIpc) is 1.97. The van der Waals surface area contributed by atoms with Crippen molar-refractivity contribution >= 4 is 0 Å². The van der Waals surface area contributed by atoms with Crippen molar-refractivity contribution in [2.45, 2.75) is 39.7 Å². The third-order valence-corrected chi connectivity index (χ3v) is 1.42. The third kappa shape index (κ3) is 7.38. The largest absolute Gasteiger partial charge is 0.493 e. The van der Waals surface area contributed by atoms with E-state index in [4.69, 9.17) is 4.74 Å². The molecule has 74 valence electrons. The van der Waals surface area contributed by atoms with Crippen LogP contribution < -0.4 is 0 Å². The Morgan fingerprint density at radius 3 is 2.31 bits per heavy atom. The highest BCUT2D eigenvalue weighted by atomic mass is 16.5. The van der Waals surface area contributed by atoms with Gasteiger partial charge in [-0.2, -0.15) is 0 Å². The summed E-state index contributed by atoms with van der Waals surface area (Å²) in [6, 6.07) is 0. The zero-order valence-corrected chi connectivity index (χ0v) is 9.18. The Hall–Kier alpha value is -0.980. The molecule has 0 unspecified atom stereocenters. The van der Waals surface area contributed by atoms with E-state index in [1.54, 1.807) is 0 Å². The third-order valence-electron chi connectivity index (χ3n) is 1.42. The van der Waals surface area contributed by atoms with Crippen molar-refractivity contribution in [3.8, 4) is 0 Å². The summed E-state index contributed by atoms with van der Waals surface area (Å²) >= 11 is 0. The molecule has 0 heterocycles. The van der Waals surface area contributed by atoms with Crippen molar-refractivity contribution in [1.29, 1.82) is 0 Å². The molecule has 0 amide bonds. The van der Waals surface area contributed by atoms with Gasteiger partial charge in [-0.3, -0.25) is 0 Å². The van der Waals surface area contributed by atoms with E-state index in [-0.39, 0.29) is 5.60 Å². The van der Waals surface area contributed by atoms with Gasteiger partial charge in [-0.25, -0.2) is 0 Å². The first-order chi connectivity index (χ1) is 5.85. The van der Waals surface area contributed by atoms with Crippen LogP contribution >= 0.6 is 0 Å². The molecule has 1 nitrogen and oxygen atoms in total. The fourth-order valence-electron chi connectivity index (χ4n) is 0.833. The molecular weight excluding hydrogens is 160 g/mol. The summed E-state index contributed by atoms with van der Waals surface area (Å²) in [6.45, 7) is 15.6. The highest BCUT2D eigenvalue weighted by Gasteiger charge is 2.11. The molecule has 0 radical (unpaired) electrons. The first kappa shape index (κ1) is 12.0. The van der Waals surface area contributed by atoms with Gasteiger partial charge < -0.3 is 4.74 Å². The minimum Gasteiger partial charge on any atom is -0.493 e. The summed E-state index contributed by atoms with van der Waals surface area (Å²) in [4.78, 5) is 0. The van der Waals surface area contributed by atoms with Crippen LogP contribution in [-0.4, -0.2) is 5.60 Å². The van der Waals surface area contributed by atoms with Gasteiger partial charge in [-0.1, -0.05) is 30.9 Å². The molecule has 0 bridgehead atoms. The number of hydrogen-bond donors (Lipinski definition) is 0. The molecule has 0 aliphatic rings. The second kappa shape index (κ2) is 4.90. The normalized spacial score (nSPS) is 12.5. The number of allylic oxidation sites excluding steroid dienone is 3. The molecule has 1 heteroatoms. The molecule has 0 aliphatic heterocycles. The predicted octanol–water partition coefficient (Wildman–Crippen LogP) is 3.84. The van der Waals surface area contributed by atoms with Crippen molar-refractivity contribution in [1.82, 2.24) is 0 Å². The molecule has 0 aromatic rings. The molecule has 0 atom stereocenters. The zero-order chi connectivity index (χ0) is 10.5. The maximum Gasteiger partial charge on any atom is 0.100 e. The fourth-order valence-corrected chi connectivity index (χ4v) is 0.833. The molecule has 0 fully saturated rings. The van der Waals surface area contributed by atoms with Gasteiger partial charge in [0, 0.05) is 6.42 Å². The molecule has 0 rings (SSSR count). The smallest absolute Gasteiger partial charge is 0.100 e. The van der Waals surface area contributed by atoms with Gasteiger partial charge in [0.1, 0.15) is 5.60 Å². The predicted molar refractivity (Wildman–Crippen MR) is 58.5 cm³/mol. The number of hydrogen-bond acceptors (Lipinski definition) is 1. The van der Waals surface area contributed by atoms with E-state index in [9.17, 15) is 0 Å². The Bertz CT molecular complexity index is 216. The summed E-state index contributed by atoms with van der Waals surface area (Å²) in [5, 5.41) is 0. The summed E-state index contributed by atoms with van der Waals surface area (Å²) < 4.78 is 5.56. The van der Waals surface area contributed by atoms with Crippen molar-refractivity contribution < 1.29 is 4.74 Å². The van der Waals surface area contributed by atoms with E-state index in [1.165, 1.54) is 0 Å². The van der Waals surface area contributed by atoms with Gasteiger partial charge in [0.05, 0.1) is 5.76 Å². The highest BCUT2D eigenvalue weighted by molar-refractivity contribution is 5.14. The second-order valence-electron chi connectivity index (χ2n) is 4.11. The van der Waals surface area contributed by atoms with Gasteiger partial charge >= 0.3 is 0 Å². The number of rotatable bonds is 4. The molecule has 0 aromatic heterocycles. The van der Waals surface area contributed by atoms with Crippen LogP contribution in [0.15, 0.2) is 36.6 Å². The van der Waals surface area contributed by atoms with Crippen LogP contribution in [0.5, 0.6) is 0 Å². The van der Waals surface area contributed by atoms with Crippen LogP contribution in [-0.2, 0) is 4.74 Å². The number of ether oxygens (including phenoxy) is 1. The van der Waals surface area contributed by atoms with Crippen molar-refractivity contribution in [2.75, 3.05) is 0 Å². The van der Waals surface area contributed by atoms with Crippen LogP contribution in [0.1, 0.15) is 34.1 Å². The van der Waals surface area contributed by atoms with Crippen molar-refractivity contribution in [3.63, 3.8) is 0 Å². The summed E-state index contributed by atoms with van der Waals surface area (Å²) in [7, 11) is 0. The van der Waals surface area contributed by atoms with E-state index in [0.29, 0.717) is 0 Å². The monoisotopic (exact) mass is 180 g/mol. The highest BCUT2D eigenvalue weighted by Crippen LogP contribution is 2.15. The van der Waals surface area contributed by atoms with Crippen LogP contribution in [0.3, 0.4) is 0 Å².